The lowest BCUT2D eigenvalue weighted by molar-refractivity contribution is -0.121. The van der Waals surface area contributed by atoms with Gasteiger partial charge in [0.15, 0.2) is 5.78 Å². The zero-order valence-corrected chi connectivity index (χ0v) is 7.45. The molecule has 0 radical (unpaired) electrons. The number of hydrogen-bond donors (Lipinski definition) is 2. The van der Waals surface area contributed by atoms with Gasteiger partial charge >= 0.3 is 0 Å². The van der Waals surface area contributed by atoms with Gasteiger partial charge in [-0.3, -0.25) is 4.79 Å². The third kappa shape index (κ3) is 1.21. The summed E-state index contributed by atoms with van der Waals surface area (Å²) in [6.07, 6.45) is 0. The fraction of sp³-hybridized carbons (Fsp3) is 0.300. The number of carbonyl (C=O) groups is 1. The molecule has 2 unspecified atom stereocenters. The largest absolute Gasteiger partial charge is 0.375 e. The lowest BCUT2D eigenvalue weighted by Gasteiger charge is -2.27. The number of anilines is 1. The van der Waals surface area contributed by atoms with Crippen molar-refractivity contribution in [3.63, 3.8) is 0 Å². The molecule has 0 aromatic heterocycles. The Bertz CT molecular complexity index is 349. The molecule has 1 heterocycles. The maximum atomic E-state index is 11.5. The Labute approximate surface area is 76.9 Å². The first-order chi connectivity index (χ1) is 6.20. The molecule has 0 bridgehead atoms. The summed E-state index contributed by atoms with van der Waals surface area (Å²) in [5, 5.41) is 3.11. The molecule has 0 amide bonds. The van der Waals surface area contributed by atoms with E-state index in [-0.39, 0.29) is 11.8 Å². The minimum atomic E-state index is -0.465. The highest BCUT2D eigenvalue weighted by Gasteiger charge is 2.28. The quantitative estimate of drug-likeness (QED) is 0.621. The molecule has 0 saturated heterocycles. The van der Waals surface area contributed by atoms with Crippen LogP contribution in [0.3, 0.4) is 0 Å². The van der Waals surface area contributed by atoms with Crippen LogP contribution in [-0.2, 0) is 4.79 Å². The Kier molecular flexibility index (Phi) is 1.81. The van der Waals surface area contributed by atoms with Gasteiger partial charge in [0.25, 0.3) is 0 Å². The zero-order chi connectivity index (χ0) is 9.42. The van der Waals surface area contributed by atoms with E-state index in [9.17, 15) is 4.79 Å². The minimum absolute atomic E-state index is 0.0544. The maximum Gasteiger partial charge on any atom is 0.175 e. The first-order valence-corrected chi connectivity index (χ1v) is 4.35. The van der Waals surface area contributed by atoms with Gasteiger partial charge in [-0.15, -0.1) is 0 Å². The summed E-state index contributed by atoms with van der Waals surface area (Å²) in [5.41, 5.74) is 7.66. The summed E-state index contributed by atoms with van der Waals surface area (Å²) in [7, 11) is 0. The Hall–Kier alpha value is -1.35. The number of nitrogens with one attached hydrogen (secondary N) is 1. The fourth-order valence-electron chi connectivity index (χ4n) is 1.63. The van der Waals surface area contributed by atoms with E-state index >= 15 is 0 Å². The third-order valence-electron chi connectivity index (χ3n) is 2.40. The van der Waals surface area contributed by atoms with Crippen LogP contribution in [-0.4, -0.2) is 11.8 Å². The molecule has 1 aliphatic heterocycles. The van der Waals surface area contributed by atoms with Crippen LogP contribution in [0.15, 0.2) is 24.3 Å². The van der Waals surface area contributed by atoms with Gasteiger partial charge in [0, 0.05) is 5.69 Å². The summed E-state index contributed by atoms with van der Waals surface area (Å²) in [5.74, 6) is 0.0544. The van der Waals surface area contributed by atoms with Gasteiger partial charge in [-0.25, -0.2) is 0 Å². The first-order valence-electron chi connectivity index (χ1n) is 4.35. The number of rotatable bonds is 0. The fourth-order valence-corrected chi connectivity index (χ4v) is 1.63. The van der Waals surface area contributed by atoms with Crippen LogP contribution in [0.2, 0.25) is 0 Å². The number of Topliss-reactive ketones (excluding diaryl/α,β-unsaturated/α-hetero) is 1. The second-order valence-corrected chi connectivity index (χ2v) is 3.33. The molecule has 2 atom stereocenters. The van der Waals surface area contributed by atoms with Crippen molar-refractivity contribution >= 4 is 11.5 Å². The van der Waals surface area contributed by atoms with Gasteiger partial charge in [-0.2, -0.15) is 0 Å². The standard InChI is InChI=1S/C10H12N2O/c1-6-10(13)9(11)7-4-2-3-5-8(7)12-6/h2-6,9,12H,11H2,1H3. The van der Waals surface area contributed by atoms with Crippen molar-refractivity contribution in [3.05, 3.63) is 29.8 Å². The predicted molar refractivity (Wildman–Crippen MR) is 51.5 cm³/mol. The van der Waals surface area contributed by atoms with Gasteiger partial charge in [-0.1, -0.05) is 18.2 Å². The SMILES string of the molecule is CC1Nc2ccccc2C(N)C1=O. The highest BCUT2D eigenvalue weighted by molar-refractivity contribution is 5.95. The van der Waals surface area contributed by atoms with E-state index in [4.69, 9.17) is 5.73 Å². The molecule has 0 fully saturated rings. The predicted octanol–water partition coefficient (Wildman–Crippen LogP) is 1.07. The van der Waals surface area contributed by atoms with Crippen molar-refractivity contribution in [1.82, 2.24) is 0 Å². The van der Waals surface area contributed by atoms with Crippen LogP contribution >= 0.6 is 0 Å². The van der Waals surface area contributed by atoms with E-state index in [1.54, 1.807) is 0 Å². The Morgan fingerprint density at radius 1 is 1.38 bits per heavy atom. The molecule has 3 heteroatoms. The highest BCUT2D eigenvalue weighted by atomic mass is 16.1. The number of hydrogen-bond acceptors (Lipinski definition) is 3. The van der Waals surface area contributed by atoms with Crippen molar-refractivity contribution in [1.29, 1.82) is 0 Å². The topological polar surface area (TPSA) is 55.1 Å². The molecule has 0 saturated carbocycles. The number of benzene rings is 1. The summed E-state index contributed by atoms with van der Waals surface area (Å²) in [6, 6.07) is 7.01. The molecule has 3 N–H and O–H groups in total. The average Bonchev–Trinajstić information content (AvgIpc) is 2.15. The van der Waals surface area contributed by atoms with Crippen molar-refractivity contribution in [2.24, 2.45) is 5.73 Å². The van der Waals surface area contributed by atoms with Gasteiger partial charge in [0.1, 0.15) is 0 Å². The number of para-hydroxylation sites is 1. The lowest BCUT2D eigenvalue weighted by Crippen LogP contribution is -2.39. The summed E-state index contributed by atoms with van der Waals surface area (Å²) in [4.78, 5) is 11.5. The molecule has 68 valence electrons. The van der Waals surface area contributed by atoms with Crippen LogP contribution in [0, 0.1) is 0 Å². The molecule has 13 heavy (non-hydrogen) atoms. The highest BCUT2D eigenvalue weighted by Crippen LogP contribution is 2.27. The van der Waals surface area contributed by atoms with E-state index in [0.29, 0.717) is 0 Å². The van der Waals surface area contributed by atoms with Crippen LogP contribution in [0.5, 0.6) is 0 Å². The second-order valence-electron chi connectivity index (χ2n) is 3.33. The van der Waals surface area contributed by atoms with Gasteiger partial charge in [-0.05, 0) is 18.6 Å². The number of ketones is 1. The van der Waals surface area contributed by atoms with Crippen molar-refractivity contribution in [2.75, 3.05) is 5.32 Å². The van der Waals surface area contributed by atoms with Crippen molar-refractivity contribution < 1.29 is 4.79 Å². The molecular weight excluding hydrogens is 164 g/mol. The normalized spacial score (nSPS) is 26.5. The summed E-state index contributed by atoms with van der Waals surface area (Å²) in [6.45, 7) is 1.83. The average molecular weight is 176 g/mol. The van der Waals surface area contributed by atoms with E-state index in [1.807, 2.05) is 31.2 Å². The Morgan fingerprint density at radius 2 is 2.08 bits per heavy atom. The van der Waals surface area contributed by atoms with E-state index in [2.05, 4.69) is 5.32 Å². The number of nitrogens with two attached hydrogens (primary N) is 1. The molecular formula is C10H12N2O. The van der Waals surface area contributed by atoms with E-state index in [0.717, 1.165) is 11.3 Å². The monoisotopic (exact) mass is 176 g/mol. The first kappa shape index (κ1) is 8.26. The Balaban J connectivity index is 2.49. The number of carbonyl (C=O) groups excluding carboxylic acids is 1. The summed E-state index contributed by atoms with van der Waals surface area (Å²) >= 11 is 0. The molecule has 1 aromatic rings. The third-order valence-corrected chi connectivity index (χ3v) is 2.40. The molecule has 0 aliphatic carbocycles. The van der Waals surface area contributed by atoms with Crippen molar-refractivity contribution in [3.8, 4) is 0 Å². The molecule has 1 aromatic carbocycles. The lowest BCUT2D eigenvalue weighted by atomic mass is 9.93. The molecule has 0 spiro atoms. The van der Waals surface area contributed by atoms with Crippen LogP contribution < -0.4 is 11.1 Å². The summed E-state index contributed by atoms with van der Waals surface area (Å²) < 4.78 is 0. The van der Waals surface area contributed by atoms with E-state index in [1.165, 1.54) is 0 Å². The zero-order valence-electron chi connectivity index (χ0n) is 7.45. The van der Waals surface area contributed by atoms with Crippen LogP contribution in [0.4, 0.5) is 5.69 Å². The van der Waals surface area contributed by atoms with Gasteiger partial charge in [0.05, 0.1) is 12.1 Å². The molecule has 3 nitrogen and oxygen atoms in total. The second kappa shape index (κ2) is 2.85. The Morgan fingerprint density at radius 3 is 2.85 bits per heavy atom. The molecule has 1 aliphatic rings. The molecule has 2 rings (SSSR count). The van der Waals surface area contributed by atoms with Gasteiger partial charge in [0.2, 0.25) is 0 Å². The maximum absolute atomic E-state index is 11.5. The number of fused-ring (bicyclic) bond motifs is 1. The smallest absolute Gasteiger partial charge is 0.175 e. The van der Waals surface area contributed by atoms with Crippen LogP contribution in [0.1, 0.15) is 18.5 Å². The van der Waals surface area contributed by atoms with E-state index < -0.39 is 6.04 Å². The van der Waals surface area contributed by atoms with Crippen LogP contribution in [0.25, 0.3) is 0 Å². The minimum Gasteiger partial charge on any atom is -0.375 e. The van der Waals surface area contributed by atoms with Gasteiger partial charge < -0.3 is 11.1 Å². The van der Waals surface area contributed by atoms with Crippen molar-refractivity contribution in [2.45, 2.75) is 19.0 Å².